The Bertz CT molecular complexity index is 728. The second-order valence-electron chi connectivity index (χ2n) is 5.11. The van der Waals surface area contributed by atoms with Crippen molar-refractivity contribution in [3.8, 4) is 0 Å². The number of carbonyl (C=O) groups is 2. The zero-order valence-electron chi connectivity index (χ0n) is 12.0. The molecule has 1 aromatic heterocycles. The van der Waals surface area contributed by atoms with E-state index in [9.17, 15) is 9.59 Å². The standard InChI is InChI=1S/C15H15ClN4O2/c1-10-14-17-8-13(20(14)7-6-19(10)9-21)15(22)18-12-5-3-2-4-11(12)16/h2-5,8-10H,6-7H2,1H3,(H,18,22). The molecular weight excluding hydrogens is 304 g/mol. The van der Waals surface area contributed by atoms with Crippen LogP contribution >= 0.6 is 11.6 Å². The van der Waals surface area contributed by atoms with Crippen molar-refractivity contribution < 1.29 is 9.59 Å². The maximum absolute atomic E-state index is 12.4. The van der Waals surface area contributed by atoms with Crippen LogP contribution in [-0.2, 0) is 11.3 Å². The number of fused-ring (bicyclic) bond motifs is 1. The van der Waals surface area contributed by atoms with Crippen molar-refractivity contribution in [1.29, 1.82) is 0 Å². The Morgan fingerprint density at radius 2 is 2.18 bits per heavy atom. The molecule has 7 heteroatoms. The highest BCUT2D eigenvalue weighted by Crippen LogP contribution is 2.25. The van der Waals surface area contributed by atoms with E-state index in [1.54, 1.807) is 29.2 Å². The highest BCUT2D eigenvalue weighted by molar-refractivity contribution is 6.33. The topological polar surface area (TPSA) is 67.2 Å². The van der Waals surface area contributed by atoms with Gasteiger partial charge in [0.15, 0.2) is 0 Å². The monoisotopic (exact) mass is 318 g/mol. The van der Waals surface area contributed by atoms with Crippen molar-refractivity contribution in [1.82, 2.24) is 14.5 Å². The summed E-state index contributed by atoms with van der Waals surface area (Å²) < 4.78 is 1.84. The van der Waals surface area contributed by atoms with Gasteiger partial charge < -0.3 is 14.8 Å². The first-order valence-electron chi connectivity index (χ1n) is 6.94. The first-order valence-corrected chi connectivity index (χ1v) is 7.32. The molecule has 0 aliphatic carbocycles. The van der Waals surface area contributed by atoms with Gasteiger partial charge in [-0.05, 0) is 19.1 Å². The van der Waals surface area contributed by atoms with Crippen molar-refractivity contribution >= 4 is 29.6 Å². The first-order chi connectivity index (χ1) is 10.6. The maximum atomic E-state index is 12.4. The van der Waals surface area contributed by atoms with Gasteiger partial charge in [0.1, 0.15) is 11.5 Å². The number of halogens is 1. The summed E-state index contributed by atoms with van der Waals surface area (Å²) >= 11 is 6.05. The summed E-state index contributed by atoms with van der Waals surface area (Å²) in [6.45, 7) is 2.99. The van der Waals surface area contributed by atoms with E-state index in [0.717, 1.165) is 6.41 Å². The molecule has 1 N–H and O–H groups in total. The number of rotatable bonds is 3. The average Bonchev–Trinajstić information content (AvgIpc) is 2.95. The molecule has 6 nitrogen and oxygen atoms in total. The molecule has 0 spiro atoms. The number of hydrogen-bond donors (Lipinski definition) is 1. The van der Waals surface area contributed by atoms with Gasteiger partial charge in [-0.2, -0.15) is 0 Å². The van der Waals surface area contributed by atoms with Crippen LogP contribution < -0.4 is 5.32 Å². The lowest BCUT2D eigenvalue weighted by Crippen LogP contribution is -2.37. The van der Waals surface area contributed by atoms with E-state index in [1.165, 1.54) is 6.20 Å². The van der Waals surface area contributed by atoms with E-state index < -0.39 is 0 Å². The quantitative estimate of drug-likeness (QED) is 0.883. The molecule has 3 rings (SSSR count). The zero-order chi connectivity index (χ0) is 15.7. The van der Waals surface area contributed by atoms with Crippen LogP contribution in [0.5, 0.6) is 0 Å². The number of hydrogen-bond acceptors (Lipinski definition) is 3. The zero-order valence-corrected chi connectivity index (χ0v) is 12.7. The van der Waals surface area contributed by atoms with Crippen LogP contribution in [0.2, 0.25) is 5.02 Å². The van der Waals surface area contributed by atoms with Crippen LogP contribution in [0.25, 0.3) is 0 Å². The van der Waals surface area contributed by atoms with Crippen molar-refractivity contribution in [3.05, 3.63) is 47.0 Å². The lowest BCUT2D eigenvalue weighted by Gasteiger charge is -2.31. The summed E-state index contributed by atoms with van der Waals surface area (Å²) in [4.78, 5) is 29.4. The minimum Gasteiger partial charge on any atom is -0.334 e. The second-order valence-corrected chi connectivity index (χ2v) is 5.51. The van der Waals surface area contributed by atoms with Crippen molar-refractivity contribution in [2.75, 3.05) is 11.9 Å². The lowest BCUT2D eigenvalue weighted by molar-refractivity contribution is -0.121. The third-order valence-corrected chi connectivity index (χ3v) is 4.16. The number of carbonyl (C=O) groups excluding carboxylic acids is 2. The fourth-order valence-electron chi connectivity index (χ4n) is 2.59. The van der Waals surface area contributed by atoms with Crippen LogP contribution in [0.3, 0.4) is 0 Å². The SMILES string of the molecule is CC1c2ncc(C(=O)Nc3ccccc3Cl)n2CCN1C=O. The molecule has 1 aliphatic heterocycles. The van der Waals surface area contributed by atoms with E-state index in [1.807, 2.05) is 11.5 Å². The minimum atomic E-state index is -0.265. The molecule has 2 aromatic rings. The van der Waals surface area contributed by atoms with E-state index in [0.29, 0.717) is 35.3 Å². The first kappa shape index (κ1) is 14.6. The summed E-state index contributed by atoms with van der Waals surface area (Å²) in [5.74, 6) is 0.446. The molecule has 22 heavy (non-hydrogen) atoms. The van der Waals surface area contributed by atoms with E-state index in [2.05, 4.69) is 10.3 Å². The molecule has 0 saturated heterocycles. The smallest absolute Gasteiger partial charge is 0.273 e. The molecule has 0 radical (unpaired) electrons. The van der Waals surface area contributed by atoms with Gasteiger partial charge >= 0.3 is 0 Å². The van der Waals surface area contributed by atoms with E-state index >= 15 is 0 Å². The van der Waals surface area contributed by atoms with Gasteiger partial charge in [-0.25, -0.2) is 4.98 Å². The number of amides is 2. The number of nitrogens with zero attached hydrogens (tertiary/aromatic N) is 3. The predicted molar refractivity (Wildman–Crippen MR) is 82.8 cm³/mol. The summed E-state index contributed by atoms with van der Waals surface area (Å²) in [7, 11) is 0. The predicted octanol–water partition coefficient (Wildman–Crippen LogP) is 2.32. The summed E-state index contributed by atoms with van der Waals surface area (Å²) in [6.07, 6.45) is 2.35. The van der Waals surface area contributed by atoms with Gasteiger partial charge in [-0.3, -0.25) is 9.59 Å². The number of anilines is 1. The van der Waals surface area contributed by atoms with Crippen molar-refractivity contribution in [2.24, 2.45) is 0 Å². The molecule has 2 heterocycles. The Morgan fingerprint density at radius 3 is 2.91 bits per heavy atom. The molecule has 2 amide bonds. The van der Waals surface area contributed by atoms with Crippen LogP contribution in [0.1, 0.15) is 29.3 Å². The number of aromatic nitrogens is 2. The normalized spacial score (nSPS) is 17.0. The molecule has 0 bridgehead atoms. The second kappa shape index (κ2) is 5.81. The van der Waals surface area contributed by atoms with Gasteiger partial charge in [0.05, 0.1) is 22.9 Å². The van der Waals surface area contributed by atoms with Crippen LogP contribution in [0, 0.1) is 0 Å². The Labute approximate surface area is 132 Å². The Kier molecular flexibility index (Phi) is 3.85. The Balaban J connectivity index is 1.86. The molecule has 1 aliphatic rings. The van der Waals surface area contributed by atoms with E-state index in [4.69, 9.17) is 11.6 Å². The Morgan fingerprint density at radius 1 is 1.41 bits per heavy atom. The number of benzene rings is 1. The maximum Gasteiger partial charge on any atom is 0.273 e. The van der Waals surface area contributed by atoms with Gasteiger partial charge in [0, 0.05) is 13.1 Å². The minimum absolute atomic E-state index is 0.145. The van der Waals surface area contributed by atoms with Gasteiger partial charge in [0.2, 0.25) is 6.41 Å². The van der Waals surface area contributed by atoms with E-state index in [-0.39, 0.29) is 11.9 Å². The fraction of sp³-hybridized carbons (Fsp3) is 0.267. The van der Waals surface area contributed by atoms with Crippen molar-refractivity contribution in [2.45, 2.75) is 19.5 Å². The fourth-order valence-corrected chi connectivity index (χ4v) is 2.77. The largest absolute Gasteiger partial charge is 0.334 e. The number of nitrogens with one attached hydrogen (secondary N) is 1. The molecule has 0 saturated carbocycles. The number of para-hydroxylation sites is 1. The van der Waals surface area contributed by atoms with Crippen LogP contribution in [0.15, 0.2) is 30.5 Å². The summed E-state index contributed by atoms with van der Waals surface area (Å²) in [5.41, 5.74) is 1.02. The summed E-state index contributed by atoms with van der Waals surface area (Å²) in [5, 5.41) is 3.27. The van der Waals surface area contributed by atoms with Crippen molar-refractivity contribution in [3.63, 3.8) is 0 Å². The average molecular weight is 319 g/mol. The lowest BCUT2D eigenvalue weighted by atomic mass is 10.2. The van der Waals surface area contributed by atoms with Crippen LogP contribution in [0.4, 0.5) is 5.69 Å². The molecule has 1 atom stereocenters. The van der Waals surface area contributed by atoms with Gasteiger partial charge in [-0.1, -0.05) is 23.7 Å². The third kappa shape index (κ3) is 2.46. The highest BCUT2D eigenvalue weighted by atomic mass is 35.5. The molecule has 0 fully saturated rings. The molecule has 114 valence electrons. The molecule has 1 unspecified atom stereocenters. The van der Waals surface area contributed by atoms with Gasteiger partial charge in [0.25, 0.3) is 5.91 Å². The molecule has 1 aromatic carbocycles. The molecular formula is C15H15ClN4O2. The Hall–Kier alpha value is -2.34. The summed E-state index contributed by atoms with van der Waals surface area (Å²) in [6, 6.07) is 6.91. The third-order valence-electron chi connectivity index (χ3n) is 3.83. The van der Waals surface area contributed by atoms with Crippen LogP contribution in [-0.4, -0.2) is 33.3 Å². The van der Waals surface area contributed by atoms with Gasteiger partial charge in [-0.15, -0.1) is 0 Å². The highest BCUT2D eigenvalue weighted by Gasteiger charge is 2.28. The number of imidazole rings is 1.